The molecule has 0 saturated carbocycles. The molecule has 0 aromatic heterocycles. The predicted octanol–water partition coefficient (Wildman–Crippen LogP) is 5.15. The van der Waals surface area contributed by atoms with Crippen LogP contribution in [0.15, 0.2) is 48.5 Å². The van der Waals surface area contributed by atoms with E-state index in [9.17, 15) is 4.79 Å². The summed E-state index contributed by atoms with van der Waals surface area (Å²) >= 11 is 0. The lowest BCUT2D eigenvalue weighted by Gasteiger charge is -2.32. The van der Waals surface area contributed by atoms with E-state index in [1.165, 1.54) is 16.7 Å². The molecule has 4 heteroatoms. The second-order valence-electron chi connectivity index (χ2n) is 11.4. The number of nitrogens with one attached hydrogen (secondary N) is 1. The van der Waals surface area contributed by atoms with Gasteiger partial charge in [0.15, 0.2) is 0 Å². The number of carbonyl (C=O) groups excluding carboxylic acids is 1. The number of amides is 1. The summed E-state index contributed by atoms with van der Waals surface area (Å²) in [4.78, 5) is 16.4. The molecule has 1 saturated heterocycles. The van der Waals surface area contributed by atoms with Crippen molar-refractivity contribution in [1.82, 2.24) is 4.90 Å². The first-order chi connectivity index (χ1) is 16.7. The van der Waals surface area contributed by atoms with Crippen LogP contribution in [0, 0.1) is 0 Å². The van der Waals surface area contributed by atoms with Crippen LogP contribution >= 0.6 is 0 Å². The van der Waals surface area contributed by atoms with Crippen LogP contribution in [-0.2, 0) is 22.2 Å². The summed E-state index contributed by atoms with van der Waals surface area (Å²) in [7, 11) is 0. The van der Waals surface area contributed by atoms with Crippen LogP contribution in [0.1, 0.15) is 83.9 Å². The molecule has 3 rings (SSSR count). The smallest absolute Gasteiger partial charge is 0.223 e. The summed E-state index contributed by atoms with van der Waals surface area (Å²) < 4.78 is 6.27. The largest absolute Gasteiger partial charge is 0.493 e. The number of benzene rings is 2. The molecule has 192 valence electrons. The van der Waals surface area contributed by atoms with Crippen molar-refractivity contribution >= 4 is 5.91 Å². The highest BCUT2D eigenvalue weighted by molar-refractivity contribution is 5.76. The molecule has 2 aromatic carbocycles. The Balaban J connectivity index is 1.49. The van der Waals surface area contributed by atoms with Gasteiger partial charge in [-0.15, -0.1) is 0 Å². The van der Waals surface area contributed by atoms with Crippen LogP contribution in [0.25, 0.3) is 0 Å². The molecule has 0 atom stereocenters. The topological polar surface area (TPSA) is 34.0 Å². The minimum Gasteiger partial charge on any atom is -0.493 e. The highest BCUT2D eigenvalue weighted by Gasteiger charge is 2.27. The van der Waals surface area contributed by atoms with Crippen LogP contribution in [0.2, 0.25) is 0 Å². The summed E-state index contributed by atoms with van der Waals surface area (Å²) in [6.45, 7) is 19.0. The fraction of sp³-hybridized carbons (Fsp3) is 0.581. The van der Waals surface area contributed by atoms with Gasteiger partial charge >= 0.3 is 0 Å². The first-order valence-corrected chi connectivity index (χ1v) is 13.6. The molecule has 0 spiro atoms. The highest BCUT2D eigenvalue weighted by Crippen LogP contribution is 2.38. The highest BCUT2D eigenvalue weighted by atomic mass is 16.5. The number of carbonyl (C=O) groups is 1. The lowest BCUT2D eigenvalue weighted by molar-refractivity contribution is -0.917. The van der Waals surface area contributed by atoms with E-state index in [0.29, 0.717) is 13.0 Å². The maximum atomic E-state index is 12.8. The van der Waals surface area contributed by atoms with E-state index in [2.05, 4.69) is 90.1 Å². The van der Waals surface area contributed by atoms with Crippen molar-refractivity contribution in [1.29, 1.82) is 0 Å². The van der Waals surface area contributed by atoms with E-state index in [1.807, 2.05) is 4.90 Å². The molecule has 35 heavy (non-hydrogen) atoms. The van der Waals surface area contributed by atoms with Crippen LogP contribution in [0.5, 0.6) is 5.75 Å². The van der Waals surface area contributed by atoms with Crippen LogP contribution in [-0.4, -0.2) is 43.6 Å². The molecule has 0 unspecified atom stereocenters. The Morgan fingerprint density at radius 1 is 0.943 bits per heavy atom. The van der Waals surface area contributed by atoms with Crippen LogP contribution in [0.4, 0.5) is 0 Å². The van der Waals surface area contributed by atoms with Gasteiger partial charge in [-0.05, 0) is 41.7 Å². The molecule has 0 bridgehead atoms. The van der Waals surface area contributed by atoms with Gasteiger partial charge in [-0.25, -0.2) is 0 Å². The minimum absolute atomic E-state index is 0.0484. The second-order valence-corrected chi connectivity index (χ2v) is 11.4. The Kier molecular flexibility index (Phi) is 9.40. The summed E-state index contributed by atoms with van der Waals surface area (Å²) in [5, 5.41) is 0. The second kappa shape index (κ2) is 12.1. The van der Waals surface area contributed by atoms with Gasteiger partial charge < -0.3 is 14.5 Å². The number of piperazine rings is 1. The third-order valence-corrected chi connectivity index (χ3v) is 8.17. The lowest BCUT2D eigenvalue weighted by atomic mass is 9.76. The van der Waals surface area contributed by atoms with Crippen LogP contribution in [0.3, 0.4) is 0 Å². The normalized spacial score (nSPS) is 15.3. The number of quaternary nitrogens is 1. The zero-order chi connectivity index (χ0) is 25.5. The number of rotatable bonds is 11. The van der Waals surface area contributed by atoms with Crippen molar-refractivity contribution in [2.24, 2.45) is 0 Å². The van der Waals surface area contributed by atoms with E-state index >= 15 is 0 Å². The molecular formula is C31H47N2O2+. The third-order valence-electron chi connectivity index (χ3n) is 8.17. The van der Waals surface area contributed by atoms with Gasteiger partial charge in [0.25, 0.3) is 0 Å². The fourth-order valence-corrected chi connectivity index (χ4v) is 4.70. The Morgan fingerprint density at radius 3 is 2.23 bits per heavy atom. The Bertz CT molecular complexity index is 944. The molecule has 0 aliphatic carbocycles. The molecule has 0 radical (unpaired) electrons. The van der Waals surface area contributed by atoms with Gasteiger partial charge in [0.05, 0.1) is 32.8 Å². The molecular weight excluding hydrogens is 432 g/mol. The first-order valence-electron chi connectivity index (χ1n) is 13.6. The quantitative estimate of drug-likeness (QED) is 0.452. The van der Waals surface area contributed by atoms with Gasteiger partial charge in [-0.3, -0.25) is 4.79 Å². The lowest BCUT2D eigenvalue weighted by Crippen LogP contribution is -3.13. The molecule has 1 amide bonds. The van der Waals surface area contributed by atoms with Crippen molar-refractivity contribution < 1.29 is 14.4 Å². The summed E-state index contributed by atoms with van der Waals surface area (Å²) in [6, 6.07) is 17.4. The third kappa shape index (κ3) is 7.33. The van der Waals surface area contributed by atoms with Crippen molar-refractivity contribution in [3.05, 3.63) is 65.2 Å². The molecule has 1 aliphatic heterocycles. The van der Waals surface area contributed by atoms with Crippen molar-refractivity contribution in [3.8, 4) is 5.75 Å². The van der Waals surface area contributed by atoms with Crippen LogP contribution < -0.4 is 9.64 Å². The average Bonchev–Trinajstić information content (AvgIpc) is 2.87. The maximum Gasteiger partial charge on any atom is 0.223 e. The minimum atomic E-state index is 0.0484. The summed E-state index contributed by atoms with van der Waals surface area (Å²) in [5.41, 5.74) is 4.22. The van der Waals surface area contributed by atoms with Gasteiger partial charge in [-0.1, -0.05) is 84.0 Å². The van der Waals surface area contributed by atoms with E-state index in [0.717, 1.165) is 57.7 Å². The van der Waals surface area contributed by atoms with Crippen molar-refractivity contribution in [2.45, 2.75) is 84.6 Å². The van der Waals surface area contributed by atoms with Crippen molar-refractivity contribution in [3.63, 3.8) is 0 Å². The fourth-order valence-electron chi connectivity index (χ4n) is 4.70. The Morgan fingerprint density at radius 2 is 1.60 bits per heavy atom. The first kappa shape index (κ1) is 27.3. The van der Waals surface area contributed by atoms with E-state index < -0.39 is 0 Å². The number of hydrogen-bond acceptors (Lipinski definition) is 2. The summed E-state index contributed by atoms with van der Waals surface area (Å²) in [5.74, 6) is 1.24. The molecule has 2 aromatic rings. The van der Waals surface area contributed by atoms with E-state index in [1.54, 1.807) is 4.90 Å². The average molecular weight is 480 g/mol. The Labute approximate surface area is 213 Å². The monoisotopic (exact) mass is 479 g/mol. The van der Waals surface area contributed by atoms with Gasteiger partial charge in [0, 0.05) is 17.5 Å². The number of hydrogen-bond donors (Lipinski definition) is 1. The number of nitrogens with zero attached hydrogens (tertiary/aromatic N) is 1. The molecule has 1 aliphatic rings. The summed E-state index contributed by atoms with van der Waals surface area (Å²) in [6.07, 6.45) is 3.46. The van der Waals surface area contributed by atoms with Gasteiger partial charge in [-0.2, -0.15) is 0 Å². The van der Waals surface area contributed by atoms with E-state index in [-0.39, 0.29) is 16.7 Å². The van der Waals surface area contributed by atoms with Gasteiger partial charge in [0.2, 0.25) is 5.91 Å². The zero-order valence-electron chi connectivity index (χ0n) is 23.0. The molecule has 1 heterocycles. The standard InChI is InChI=1S/C31H46N2O2/c1-7-30(3,4)26-16-17-28(27(23-26)31(5,6)8-2)35-22-12-15-29(34)33-20-18-32(19-21-33)24-25-13-10-9-11-14-25/h9-11,13-14,16-17,23H,7-8,12,15,18-22,24H2,1-6H3/p+1. The SMILES string of the molecule is CCC(C)(C)c1ccc(OCCCC(=O)N2CC[NH+](Cc3ccccc3)CC2)c(C(C)(C)CC)c1. The van der Waals surface area contributed by atoms with E-state index in [4.69, 9.17) is 4.74 Å². The maximum absolute atomic E-state index is 12.8. The predicted molar refractivity (Wildman–Crippen MR) is 145 cm³/mol. The van der Waals surface area contributed by atoms with Crippen molar-refractivity contribution in [2.75, 3.05) is 32.8 Å². The Hall–Kier alpha value is -2.33. The number of ether oxygens (including phenoxy) is 1. The van der Waals surface area contributed by atoms with Gasteiger partial charge in [0.1, 0.15) is 12.3 Å². The molecule has 4 nitrogen and oxygen atoms in total. The molecule has 1 fully saturated rings. The zero-order valence-corrected chi connectivity index (χ0v) is 23.0. The molecule has 1 N–H and O–H groups in total.